The zero-order valence-corrected chi connectivity index (χ0v) is 20.7. The Labute approximate surface area is 212 Å². The first-order valence-corrected chi connectivity index (χ1v) is 12.0. The van der Waals surface area contributed by atoms with Crippen molar-refractivity contribution in [1.29, 1.82) is 0 Å². The van der Waals surface area contributed by atoms with Gasteiger partial charge in [-0.05, 0) is 36.4 Å². The van der Waals surface area contributed by atoms with E-state index in [1.54, 1.807) is 44.6 Å². The number of thioether (sulfide) groups is 1. The number of nitrogens with zero attached hydrogens (tertiary/aromatic N) is 3. The van der Waals surface area contributed by atoms with Gasteiger partial charge in [0, 0.05) is 34.6 Å². The fourth-order valence-electron chi connectivity index (χ4n) is 3.21. The van der Waals surface area contributed by atoms with Gasteiger partial charge in [0.1, 0.15) is 23.9 Å². The number of carbonyl (C=O) groups is 1. The second-order valence-corrected chi connectivity index (χ2v) is 8.63. The summed E-state index contributed by atoms with van der Waals surface area (Å²) in [6, 6.07) is 21.9. The van der Waals surface area contributed by atoms with Gasteiger partial charge in [0.05, 0.1) is 20.0 Å². The summed E-state index contributed by atoms with van der Waals surface area (Å²) in [6.07, 6.45) is 0. The molecular formula is C25H23ClN4O4S. The van der Waals surface area contributed by atoms with Gasteiger partial charge in [-0.3, -0.25) is 9.36 Å². The molecule has 0 fully saturated rings. The largest absolute Gasteiger partial charge is 0.497 e. The second-order valence-electron chi connectivity index (χ2n) is 7.25. The van der Waals surface area contributed by atoms with Gasteiger partial charge < -0.3 is 19.5 Å². The maximum atomic E-state index is 12.7. The van der Waals surface area contributed by atoms with E-state index >= 15 is 0 Å². The molecule has 8 nitrogen and oxygen atoms in total. The third kappa shape index (κ3) is 6.46. The Bertz CT molecular complexity index is 1260. The molecule has 180 valence electrons. The SMILES string of the molecule is COc1cc(NC(=O)CSc2nnc(COc3ccccc3)n2-c2ccc(Cl)cc2)cc(OC)c1. The first kappa shape index (κ1) is 24.4. The van der Waals surface area contributed by atoms with Crippen molar-refractivity contribution in [1.82, 2.24) is 14.8 Å². The highest BCUT2D eigenvalue weighted by molar-refractivity contribution is 7.99. The number of aromatic nitrogens is 3. The Kier molecular flexibility index (Phi) is 8.12. The number of methoxy groups -OCH3 is 2. The van der Waals surface area contributed by atoms with E-state index in [2.05, 4.69) is 15.5 Å². The number of nitrogens with one attached hydrogen (secondary N) is 1. The first-order valence-electron chi connectivity index (χ1n) is 10.6. The molecule has 0 aliphatic rings. The highest BCUT2D eigenvalue weighted by Crippen LogP contribution is 2.27. The second kappa shape index (κ2) is 11.6. The molecule has 1 N–H and O–H groups in total. The molecule has 1 amide bonds. The van der Waals surface area contributed by atoms with Crippen molar-refractivity contribution < 1.29 is 19.0 Å². The highest BCUT2D eigenvalue weighted by atomic mass is 35.5. The van der Waals surface area contributed by atoms with E-state index in [0.717, 1.165) is 11.4 Å². The van der Waals surface area contributed by atoms with Crippen molar-refractivity contribution in [2.24, 2.45) is 0 Å². The van der Waals surface area contributed by atoms with Crippen LogP contribution in [-0.2, 0) is 11.4 Å². The summed E-state index contributed by atoms with van der Waals surface area (Å²) in [4.78, 5) is 12.7. The van der Waals surface area contributed by atoms with Crippen LogP contribution >= 0.6 is 23.4 Å². The monoisotopic (exact) mass is 510 g/mol. The van der Waals surface area contributed by atoms with Crippen molar-refractivity contribution in [2.75, 3.05) is 25.3 Å². The lowest BCUT2D eigenvalue weighted by atomic mass is 10.2. The fourth-order valence-corrected chi connectivity index (χ4v) is 4.10. The summed E-state index contributed by atoms with van der Waals surface area (Å²) in [6.45, 7) is 0.204. The number of hydrogen-bond donors (Lipinski definition) is 1. The van der Waals surface area contributed by atoms with Gasteiger partial charge in [0.2, 0.25) is 5.91 Å². The van der Waals surface area contributed by atoms with Gasteiger partial charge in [-0.2, -0.15) is 0 Å². The molecule has 0 saturated heterocycles. The minimum Gasteiger partial charge on any atom is -0.497 e. The van der Waals surface area contributed by atoms with E-state index in [1.807, 2.05) is 47.0 Å². The molecule has 0 bridgehead atoms. The summed E-state index contributed by atoms with van der Waals surface area (Å²) < 4.78 is 18.3. The number of benzene rings is 3. The summed E-state index contributed by atoms with van der Waals surface area (Å²) in [7, 11) is 3.11. The van der Waals surface area contributed by atoms with Crippen molar-refractivity contribution in [3.05, 3.63) is 83.6 Å². The molecule has 0 aliphatic heterocycles. The topological polar surface area (TPSA) is 87.5 Å². The highest BCUT2D eigenvalue weighted by Gasteiger charge is 2.17. The van der Waals surface area contributed by atoms with Gasteiger partial charge in [0.15, 0.2) is 11.0 Å². The lowest BCUT2D eigenvalue weighted by Crippen LogP contribution is -2.15. The van der Waals surface area contributed by atoms with E-state index in [4.69, 9.17) is 25.8 Å². The zero-order valence-electron chi connectivity index (χ0n) is 19.1. The predicted molar refractivity (Wildman–Crippen MR) is 136 cm³/mol. The Morgan fingerprint density at radius 2 is 1.63 bits per heavy atom. The van der Waals surface area contributed by atoms with E-state index < -0.39 is 0 Å². The standard InChI is InChI=1S/C25H23ClN4O4S/c1-32-21-12-18(13-22(14-21)33-2)27-24(31)16-35-25-29-28-23(15-34-20-6-4-3-5-7-20)30(25)19-10-8-17(26)9-11-19/h3-14H,15-16H2,1-2H3,(H,27,31). The van der Waals surface area contributed by atoms with E-state index in [1.165, 1.54) is 11.8 Å². The predicted octanol–water partition coefficient (Wildman–Crippen LogP) is 5.25. The lowest BCUT2D eigenvalue weighted by Gasteiger charge is -2.12. The summed E-state index contributed by atoms with van der Waals surface area (Å²) >= 11 is 7.34. The average molecular weight is 511 g/mol. The number of amides is 1. The molecule has 0 unspecified atom stereocenters. The van der Waals surface area contributed by atoms with Crippen LogP contribution in [0.1, 0.15) is 5.82 Å². The molecule has 10 heteroatoms. The number of anilines is 1. The van der Waals surface area contributed by atoms with Crippen LogP contribution in [0.2, 0.25) is 5.02 Å². The van der Waals surface area contributed by atoms with Crippen LogP contribution in [-0.4, -0.2) is 40.6 Å². The van der Waals surface area contributed by atoms with Crippen molar-refractivity contribution in [2.45, 2.75) is 11.8 Å². The summed E-state index contributed by atoms with van der Waals surface area (Å²) in [5, 5.41) is 12.6. The molecule has 0 atom stereocenters. The normalized spacial score (nSPS) is 10.6. The van der Waals surface area contributed by atoms with Crippen LogP contribution in [0.4, 0.5) is 5.69 Å². The van der Waals surface area contributed by atoms with Crippen LogP contribution in [0.5, 0.6) is 17.2 Å². The van der Waals surface area contributed by atoms with Crippen LogP contribution in [0.25, 0.3) is 5.69 Å². The van der Waals surface area contributed by atoms with E-state index in [9.17, 15) is 4.79 Å². The first-order chi connectivity index (χ1) is 17.1. The third-order valence-electron chi connectivity index (χ3n) is 4.86. The van der Waals surface area contributed by atoms with Gasteiger partial charge in [-0.1, -0.05) is 41.6 Å². The Hall–Kier alpha value is -3.69. The van der Waals surface area contributed by atoms with Gasteiger partial charge in [0.25, 0.3) is 0 Å². The smallest absolute Gasteiger partial charge is 0.234 e. The van der Waals surface area contributed by atoms with E-state index in [0.29, 0.717) is 33.2 Å². The Morgan fingerprint density at radius 1 is 0.943 bits per heavy atom. The molecule has 0 aliphatic carbocycles. The Morgan fingerprint density at radius 3 is 2.29 bits per heavy atom. The molecule has 0 spiro atoms. The number of halogens is 1. The molecular weight excluding hydrogens is 488 g/mol. The molecule has 1 heterocycles. The van der Waals surface area contributed by atoms with Crippen LogP contribution in [0, 0.1) is 0 Å². The minimum atomic E-state index is -0.210. The fraction of sp³-hybridized carbons (Fsp3) is 0.160. The van der Waals surface area contributed by atoms with Gasteiger partial charge in [-0.15, -0.1) is 10.2 Å². The lowest BCUT2D eigenvalue weighted by molar-refractivity contribution is -0.113. The molecule has 4 rings (SSSR count). The summed E-state index contributed by atoms with van der Waals surface area (Å²) in [5.41, 5.74) is 1.38. The number of hydrogen-bond acceptors (Lipinski definition) is 7. The number of ether oxygens (including phenoxy) is 3. The third-order valence-corrected chi connectivity index (χ3v) is 6.04. The van der Waals surface area contributed by atoms with Crippen molar-refractivity contribution in [3.8, 4) is 22.9 Å². The van der Waals surface area contributed by atoms with E-state index in [-0.39, 0.29) is 18.3 Å². The molecule has 0 radical (unpaired) electrons. The maximum absolute atomic E-state index is 12.7. The average Bonchev–Trinajstić information content (AvgIpc) is 3.29. The van der Waals surface area contributed by atoms with Crippen LogP contribution in [0.15, 0.2) is 78.0 Å². The van der Waals surface area contributed by atoms with Crippen molar-refractivity contribution >= 4 is 35.0 Å². The number of para-hydroxylation sites is 1. The van der Waals surface area contributed by atoms with Crippen LogP contribution < -0.4 is 19.5 Å². The number of carbonyl (C=O) groups excluding carboxylic acids is 1. The quantitative estimate of drug-likeness (QED) is 0.291. The maximum Gasteiger partial charge on any atom is 0.234 e. The Balaban J connectivity index is 1.50. The van der Waals surface area contributed by atoms with Gasteiger partial charge in [-0.25, -0.2) is 0 Å². The van der Waals surface area contributed by atoms with Crippen molar-refractivity contribution in [3.63, 3.8) is 0 Å². The summed E-state index contributed by atoms with van der Waals surface area (Å²) in [5.74, 6) is 2.39. The van der Waals surface area contributed by atoms with Gasteiger partial charge >= 0.3 is 0 Å². The molecule has 4 aromatic rings. The minimum absolute atomic E-state index is 0.116. The zero-order chi connectivity index (χ0) is 24.6. The molecule has 35 heavy (non-hydrogen) atoms. The number of rotatable bonds is 10. The molecule has 1 aromatic heterocycles. The molecule has 3 aromatic carbocycles. The molecule has 0 saturated carbocycles. The van der Waals surface area contributed by atoms with Crippen LogP contribution in [0.3, 0.4) is 0 Å².